The van der Waals surface area contributed by atoms with Crippen LogP contribution >= 0.6 is 11.3 Å². The van der Waals surface area contributed by atoms with Crippen molar-refractivity contribution in [1.29, 1.82) is 0 Å². The SMILES string of the molecule is O=C1NCCN(S(=O)(=O)c2cccs2)C1Cc1nc(-c2ccccc2)no1. The first kappa shape index (κ1) is 17.8. The van der Waals surface area contributed by atoms with Gasteiger partial charge in [0.25, 0.3) is 10.0 Å². The molecule has 0 bridgehead atoms. The number of piperazine rings is 1. The minimum atomic E-state index is -3.77. The molecule has 0 spiro atoms. The Morgan fingerprint density at radius 3 is 2.78 bits per heavy atom. The highest BCUT2D eigenvalue weighted by molar-refractivity contribution is 7.91. The molecule has 27 heavy (non-hydrogen) atoms. The summed E-state index contributed by atoms with van der Waals surface area (Å²) in [6.07, 6.45) is 0.0102. The van der Waals surface area contributed by atoms with Crippen LogP contribution in [0.5, 0.6) is 0 Å². The summed E-state index contributed by atoms with van der Waals surface area (Å²) in [7, 11) is -3.77. The van der Waals surface area contributed by atoms with Crippen LogP contribution in [-0.4, -0.2) is 47.9 Å². The van der Waals surface area contributed by atoms with Gasteiger partial charge in [-0.25, -0.2) is 8.42 Å². The van der Waals surface area contributed by atoms with E-state index in [1.54, 1.807) is 11.4 Å². The molecular weight excluding hydrogens is 388 g/mol. The number of carbonyl (C=O) groups is 1. The Hall–Kier alpha value is -2.56. The molecule has 1 amide bonds. The van der Waals surface area contributed by atoms with E-state index in [4.69, 9.17) is 4.52 Å². The van der Waals surface area contributed by atoms with Crippen molar-refractivity contribution in [3.8, 4) is 11.4 Å². The maximum Gasteiger partial charge on any atom is 0.253 e. The summed E-state index contributed by atoms with van der Waals surface area (Å²) < 4.78 is 32.5. The lowest BCUT2D eigenvalue weighted by Gasteiger charge is -2.32. The standard InChI is InChI=1S/C17H16N4O4S2/c22-17-13(11-14-19-16(20-25-14)12-5-2-1-3-6-12)21(9-8-18-17)27(23,24)15-7-4-10-26-15/h1-7,10,13H,8-9,11H2,(H,18,22). The predicted octanol–water partition coefficient (Wildman–Crippen LogP) is 1.53. The number of carbonyl (C=O) groups excluding carboxylic acids is 1. The van der Waals surface area contributed by atoms with E-state index in [9.17, 15) is 13.2 Å². The molecule has 1 saturated heterocycles. The molecule has 3 aromatic rings. The number of nitrogens with one attached hydrogen (secondary N) is 1. The largest absolute Gasteiger partial charge is 0.353 e. The van der Waals surface area contributed by atoms with Gasteiger partial charge in [0.1, 0.15) is 10.3 Å². The van der Waals surface area contributed by atoms with E-state index in [-0.39, 0.29) is 35.5 Å². The third-order valence-electron chi connectivity index (χ3n) is 4.21. The number of amides is 1. The summed E-state index contributed by atoms with van der Waals surface area (Å²) >= 11 is 1.12. The highest BCUT2D eigenvalue weighted by Gasteiger charge is 2.40. The van der Waals surface area contributed by atoms with E-state index < -0.39 is 16.1 Å². The molecule has 140 valence electrons. The van der Waals surface area contributed by atoms with Gasteiger partial charge in [-0.05, 0) is 11.4 Å². The molecule has 1 unspecified atom stereocenters. The lowest BCUT2D eigenvalue weighted by Crippen LogP contribution is -2.57. The van der Waals surface area contributed by atoms with Crippen LogP contribution in [0.25, 0.3) is 11.4 Å². The summed E-state index contributed by atoms with van der Waals surface area (Å²) in [5.41, 5.74) is 0.781. The molecule has 1 aliphatic heterocycles. The summed E-state index contributed by atoms with van der Waals surface area (Å²) in [5.74, 6) is 0.234. The zero-order chi connectivity index (χ0) is 18.9. The van der Waals surface area contributed by atoms with Gasteiger partial charge in [-0.2, -0.15) is 9.29 Å². The molecule has 4 rings (SSSR count). The van der Waals surface area contributed by atoms with Gasteiger partial charge in [0.05, 0.1) is 6.42 Å². The van der Waals surface area contributed by atoms with Crippen LogP contribution in [0.2, 0.25) is 0 Å². The number of hydrogen-bond acceptors (Lipinski definition) is 7. The van der Waals surface area contributed by atoms with E-state index in [0.717, 1.165) is 16.9 Å². The molecule has 3 heterocycles. The first-order chi connectivity index (χ1) is 13.1. The normalized spacial score (nSPS) is 18.4. The van der Waals surface area contributed by atoms with Crippen molar-refractivity contribution in [3.63, 3.8) is 0 Å². The zero-order valence-electron chi connectivity index (χ0n) is 14.1. The second kappa shape index (κ2) is 7.22. The molecule has 1 fully saturated rings. The molecule has 0 radical (unpaired) electrons. The van der Waals surface area contributed by atoms with E-state index in [1.165, 1.54) is 10.4 Å². The quantitative estimate of drug-likeness (QED) is 0.691. The van der Waals surface area contributed by atoms with Crippen molar-refractivity contribution >= 4 is 27.3 Å². The number of thiophene rings is 1. The first-order valence-corrected chi connectivity index (χ1v) is 10.6. The number of rotatable bonds is 5. The summed E-state index contributed by atoms with van der Waals surface area (Å²) in [5, 5.41) is 8.33. The van der Waals surface area contributed by atoms with Crippen LogP contribution in [0.3, 0.4) is 0 Å². The summed E-state index contributed by atoms with van der Waals surface area (Å²) in [6, 6.07) is 11.5. The van der Waals surface area contributed by atoms with Crippen molar-refractivity contribution in [2.45, 2.75) is 16.7 Å². The van der Waals surface area contributed by atoms with Crippen LogP contribution in [0.1, 0.15) is 5.89 Å². The first-order valence-electron chi connectivity index (χ1n) is 8.27. The number of nitrogens with zero attached hydrogens (tertiary/aromatic N) is 3. The Balaban J connectivity index is 1.61. The minimum Gasteiger partial charge on any atom is -0.353 e. The molecule has 1 atom stereocenters. The maximum absolute atomic E-state index is 12.9. The number of aromatic nitrogens is 2. The molecule has 10 heteroatoms. The van der Waals surface area contributed by atoms with Gasteiger partial charge in [-0.3, -0.25) is 4.79 Å². The third kappa shape index (κ3) is 3.51. The van der Waals surface area contributed by atoms with E-state index in [2.05, 4.69) is 15.5 Å². The molecule has 1 aromatic carbocycles. The van der Waals surface area contributed by atoms with Gasteiger partial charge in [-0.1, -0.05) is 41.6 Å². The fraction of sp³-hybridized carbons (Fsp3) is 0.235. The highest BCUT2D eigenvalue weighted by atomic mass is 32.2. The molecule has 1 aliphatic rings. The Bertz CT molecular complexity index is 1030. The molecular formula is C17H16N4O4S2. The predicted molar refractivity (Wildman–Crippen MR) is 98.4 cm³/mol. The van der Waals surface area contributed by atoms with Crippen molar-refractivity contribution in [1.82, 2.24) is 19.8 Å². The minimum absolute atomic E-state index is 0.0102. The monoisotopic (exact) mass is 404 g/mol. The van der Waals surface area contributed by atoms with Crippen LogP contribution in [0, 0.1) is 0 Å². The Morgan fingerprint density at radius 1 is 1.22 bits per heavy atom. The number of sulfonamides is 1. The van der Waals surface area contributed by atoms with Crippen molar-refractivity contribution in [3.05, 3.63) is 53.7 Å². The van der Waals surface area contributed by atoms with Gasteiger partial charge in [0, 0.05) is 18.7 Å². The highest BCUT2D eigenvalue weighted by Crippen LogP contribution is 2.25. The maximum atomic E-state index is 12.9. The van der Waals surface area contributed by atoms with Gasteiger partial charge in [0.15, 0.2) is 0 Å². The van der Waals surface area contributed by atoms with E-state index >= 15 is 0 Å². The molecule has 0 saturated carbocycles. The Morgan fingerprint density at radius 2 is 2.04 bits per heavy atom. The van der Waals surface area contributed by atoms with Crippen LogP contribution in [-0.2, 0) is 21.2 Å². The zero-order valence-corrected chi connectivity index (χ0v) is 15.7. The number of benzene rings is 1. The van der Waals surface area contributed by atoms with Gasteiger partial charge in [-0.15, -0.1) is 11.3 Å². The topological polar surface area (TPSA) is 105 Å². The van der Waals surface area contributed by atoms with Crippen LogP contribution < -0.4 is 5.32 Å². The fourth-order valence-electron chi connectivity index (χ4n) is 2.91. The third-order valence-corrected chi connectivity index (χ3v) is 7.49. The summed E-state index contributed by atoms with van der Waals surface area (Å²) in [6.45, 7) is 0.454. The lowest BCUT2D eigenvalue weighted by atomic mass is 10.1. The average molecular weight is 404 g/mol. The average Bonchev–Trinajstić information content (AvgIpc) is 3.36. The molecule has 8 nitrogen and oxygen atoms in total. The van der Waals surface area contributed by atoms with Crippen LogP contribution in [0.4, 0.5) is 0 Å². The van der Waals surface area contributed by atoms with Gasteiger partial charge >= 0.3 is 0 Å². The second-order valence-electron chi connectivity index (χ2n) is 5.94. The molecule has 2 aromatic heterocycles. The Labute approximate surface area is 159 Å². The second-order valence-corrected chi connectivity index (χ2v) is 9.00. The Kier molecular flexibility index (Phi) is 4.77. The molecule has 1 N–H and O–H groups in total. The van der Waals surface area contributed by atoms with E-state index in [1.807, 2.05) is 30.3 Å². The van der Waals surface area contributed by atoms with Gasteiger partial charge in [0.2, 0.25) is 17.6 Å². The lowest BCUT2D eigenvalue weighted by molar-refractivity contribution is -0.126. The fourth-order valence-corrected chi connectivity index (χ4v) is 5.62. The smallest absolute Gasteiger partial charge is 0.253 e. The van der Waals surface area contributed by atoms with Crippen LogP contribution in [0.15, 0.2) is 56.6 Å². The molecule has 0 aliphatic carbocycles. The van der Waals surface area contributed by atoms with Gasteiger partial charge < -0.3 is 9.84 Å². The van der Waals surface area contributed by atoms with Crippen molar-refractivity contribution in [2.24, 2.45) is 0 Å². The van der Waals surface area contributed by atoms with Crippen molar-refractivity contribution < 1.29 is 17.7 Å². The summed E-state index contributed by atoms with van der Waals surface area (Å²) in [4.78, 5) is 16.7. The number of hydrogen-bond donors (Lipinski definition) is 1. The van der Waals surface area contributed by atoms with E-state index in [0.29, 0.717) is 5.82 Å². The van der Waals surface area contributed by atoms with Crippen molar-refractivity contribution in [2.75, 3.05) is 13.1 Å².